The summed E-state index contributed by atoms with van der Waals surface area (Å²) < 4.78 is 16.1. The van der Waals surface area contributed by atoms with E-state index >= 15 is 0 Å². The van der Waals surface area contributed by atoms with Gasteiger partial charge in [-0.1, -0.05) is 13.8 Å². The van der Waals surface area contributed by atoms with Gasteiger partial charge < -0.3 is 19.1 Å². The molecule has 2 unspecified atom stereocenters. The van der Waals surface area contributed by atoms with Crippen molar-refractivity contribution in [2.75, 3.05) is 85.4 Å². The zero-order chi connectivity index (χ0) is 18.8. The summed E-state index contributed by atoms with van der Waals surface area (Å²) >= 11 is 0. The van der Waals surface area contributed by atoms with Crippen molar-refractivity contribution in [3.8, 4) is 0 Å². The third kappa shape index (κ3) is 7.78. The molecule has 2 aliphatic rings. The highest BCUT2D eigenvalue weighted by atomic mass is 16.6. The highest BCUT2D eigenvalue weighted by molar-refractivity contribution is 5.67. The van der Waals surface area contributed by atoms with Gasteiger partial charge in [0, 0.05) is 52.4 Å². The number of nitrogens with zero attached hydrogens (tertiary/aromatic N) is 3. The molecule has 0 aromatic carbocycles. The topological polar surface area (TPSA) is 54.5 Å². The van der Waals surface area contributed by atoms with Gasteiger partial charge in [0.25, 0.3) is 0 Å². The Morgan fingerprint density at radius 3 is 1.73 bits per heavy atom. The van der Waals surface area contributed by atoms with Crippen LogP contribution in [0.15, 0.2) is 0 Å². The molecule has 7 heteroatoms. The summed E-state index contributed by atoms with van der Waals surface area (Å²) in [5, 5.41) is 0. The van der Waals surface area contributed by atoms with E-state index in [2.05, 4.69) is 23.6 Å². The monoisotopic (exact) mass is 371 g/mol. The number of hydrogen-bond donors (Lipinski definition) is 0. The largest absolute Gasteiger partial charge is 0.450 e. The Morgan fingerprint density at radius 1 is 0.923 bits per heavy atom. The molecule has 2 saturated heterocycles. The summed E-state index contributed by atoms with van der Waals surface area (Å²) in [4.78, 5) is 19.2. The molecule has 2 aliphatic heterocycles. The Bertz CT molecular complexity index is 370. The van der Waals surface area contributed by atoms with E-state index in [1.807, 2.05) is 11.8 Å². The van der Waals surface area contributed by atoms with E-state index in [0.29, 0.717) is 18.4 Å². The van der Waals surface area contributed by atoms with Crippen molar-refractivity contribution in [1.82, 2.24) is 14.7 Å². The fraction of sp³-hybridized carbons (Fsp3) is 0.947. The zero-order valence-corrected chi connectivity index (χ0v) is 16.8. The lowest BCUT2D eigenvalue weighted by Crippen LogP contribution is -2.46. The minimum atomic E-state index is -0.185. The van der Waals surface area contributed by atoms with Crippen LogP contribution in [0.5, 0.6) is 0 Å². The Morgan fingerprint density at radius 2 is 1.35 bits per heavy atom. The van der Waals surface area contributed by atoms with Gasteiger partial charge in [0.15, 0.2) is 0 Å². The van der Waals surface area contributed by atoms with Crippen LogP contribution in [0.3, 0.4) is 0 Å². The van der Waals surface area contributed by atoms with Crippen molar-refractivity contribution < 1.29 is 19.0 Å². The lowest BCUT2D eigenvalue weighted by atomic mass is 10.1. The predicted octanol–water partition coefficient (Wildman–Crippen LogP) is 1.38. The molecule has 0 radical (unpaired) electrons. The number of carbonyl (C=O) groups excluding carboxylic acids is 1. The van der Waals surface area contributed by atoms with E-state index in [1.165, 1.54) is 0 Å². The molecule has 0 bridgehead atoms. The van der Waals surface area contributed by atoms with Crippen LogP contribution in [0.25, 0.3) is 0 Å². The third-order valence-corrected chi connectivity index (χ3v) is 4.94. The number of rotatable bonds is 9. The second kappa shape index (κ2) is 11.7. The van der Waals surface area contributed by atoms with Gasteiger partial charge in [-0.05, 0) is 18.8 Å². The van der Waals surface area contributed by atoms with Crippen LogP contribution in [0.2, 0.25) is 0 Å². The van der Waals surface area contributed by atoms with Gasteiger partial charge in [0.05, 0.1) is 33.0 Å². The van der Waals surface area contributed by atoms with Gasteiger partial charge in [-0.25, -0.2) is 4.79 Å². The molecule has 0 aromatic heterocycles. The third-order valence-electron chi connectivity index (χ3n) is 4.94. The minimum Gasteiger partial charge on any atom is -0.450 e. The number of amides is 1. The van der Waals surface area contributed by atoms with Crippen LogP contribution in [0.4, 0.5) is 4.79 Å². The number of carbonyl (C=O) groups is 1. The first kappa shape index (κ1) is 21.4. The standard InChI is InChI=1S/C19H37N3O4/c1-4-26-19(23)22(15-17(2)13-20-5-9-24-10-6-20)16-18(3)14-21-7-11-25-12-8-21/h17-18H,4-16H2,1-3H3. The summed E-state index contributed by atoms with van der Waals surface area (Å²) in [5.74, 6) is 0.821. The summed E-state index contributed by atoms with van der Waals surface area (Å²) in [7, 11) is 0. The lowest BCUT2D eigenvalue weighted by molar-refractivity contribution is 0.0232. The highest BCUT2D eigenvalue weighted by Crippen LogP contribution is 2.11. The van der Waals surface area contributed by atoms with Crippen molar-refractivity contribution >= 4 is 6.09 Å². The number of ether oxygens (including phenoxy) is 3. The molecule has 26 heavy (non-hydrogen) atoms. The van der Waals surface area contributed by atoms with E-state index < -0.39 is 0 Å². The molecule has 152 valence electrons. The van der Waals surface area contributed by atoms with E-state index in [1.54, 1.807) is 0 Å². The minimum absolute atomic E-state index is 0.185. The van der Waals surface area contributed by atoms with Gasteiger partial charge in [0.2, 0.25) is 0 Å². The fourth-order valence-corrected chi connectivity index (χ4v) is 3.76. The van der Waals surface area contributed by atoms with Crippen LogP contribution in [0.1, 0.15) is 20.8 Å². The zero-order valence-electron chi connectivity index (χ0n) is 16.8. The predicted molar refractivity (Wildman–Crippen MR) is 101 cm³/mol. The molecule has 1 amide bonds. The van der Waals surface area contributed by atoms with Crippen LogP contribution in [-0.4, -0.2) is 106 Å². The summed E-state index contributed by atoms with van der Waals surface area (Å²) in [6.45, 7) is 17.4. The summed E-state index contributed by atoms with van der Waals surface area (Å²) in [6.07, 6.45) is -0.185. The maximum atomic E-state index is 12.4. The average molecular weight is 372 g/mol. The first-order valence-corrected chi connectivity index (χ1v) is 10.1. The molecular weight excluding hydrogens is 334 g/mol. The Labute approximate surface area is 158 Å². The molecule has 2 rings (SSSR count). The van der Waals surface area contributed by atoms with Gasteiger partial charge >= 0.3 is 6.09 Å². The molecule has 0 aliphatic carbocycles. The number of hydrogen-bond acceptors (Lipinski definition) is 6. The smallest absolute Gasteiger partial charge is 0.409 e. The molecule has 0 aromatic rings. The summed E-state index contributed by atoms with van der Waals surface area (Å²) in [5.41, 5.74) is 0. The quantitative estimate of drug-likeness (QED) is 0.610. The Balaban J connectivity index is 1.82. The second-order valence-electron chi connectivity index (χ2n) is 7.64. The first-order chi connectivity index (χ1) is 12.6. The van der Waals surface area contributed by atoms with Crippen molar-refractivity contribution in [2.24, 2.45) is 11.8 Å². The van der Waals surface area contributed by atoms with Crippen molar-refractivity contribution in [3.63, 3.8) is 0 Å². The van der Waals surface area contributed by atoms with Gasteiger partial charge in [-0.15, -0.1) is 0 Å². The first-order valence-electron chi connectivity index (χ1n) is 10.1. The van der Waals surface area contributed by atoms with E-state index in [4.69, 9.17) is 14.2 Å². The number of morpholine rings is 2. The van der Waals surface area contributed by atoms with E-state index in [9.17, 15) is 4.79 Å². The van der Waals surface area contributed by atoms with Crippen molar-refractivity contribution in [1.29, 1.82) is 0 Å². The van der Waals surface area contributed by atoms with E-state index in [-0.39, 0.29) is 6.09 Å². The van der Waals surface area contributed by atoms with Crippen molar-refractivity contribution in [3.05, 3.63) is 0 Å². The molecule has 2 atom stereocenters. The van der Waals surface area contributed by atoms with Crippen LogP contribution in [0, 0.1) is 11.8 Å². The fourth-order valence-electron chi connectivity index (χ4n) is 3.76. The van der Waals surface area contributed by atoms with E-state index in [0.717, 1.165) is 78.8 Å². The van der Waals surface area contributed by atoms with Gasteiger partial charge in [-0.2, -0.15) is 0 Å². The van der Waals surface area contributed by atoms with Crippen LogP contribution >= 0.6 is 0 Å². The molecule has 0 spiro atoms. The maximum absolute atomic E-state index is 12.4. The molecule has 0 N–H and O–H groups in total. The molecule has 2 heterocycles. The Kier molecular flexibility index (Phi) is 9.67. The van der Waals surface area contributed by atoms with Crippen LogP contribution in [-0.2, 0) is 14.2 Å². The van der Waals surface area contributed by atoms with Crippen LogP contribution < -0.4 is 0 Å². The molecule has 0 saturated carbocycles. The maximum Gasteiger partial charge on any atom is 0.409 e. The van der Waals surface area contributed by atoms with Crippen molar-refractivity contribution in [2.45, 2.75) is 20.8 Å². The molecule has 7 nitrogen and oxygen atoms in total. The normalized spacial score (nSPS) is 22.0. The molecular formula is C19H37N3O4. The van der Waals surface area contributed by atoms with Gasteiger partial charge in [0.1, 0.15) is 0 Å². The SMILES string of the molecule is CCOC(=O)N(CC(C)CN1CCOCC1)CC(C)CN1CCOCC1. The Hall–Kier alpha value is -0.890. The average Bonchev–Trinajstić information content (AvgIpc) is 2.63. The van der Waals surface area contributed by atoms with Gasteiger partial charge in [-0.3, -0.25) is 9.80 Å². The molecule has 2 fully saturated rings. The second-order valence-corrected chi connectivity index (χ2v) is 7.64. The highest BCUT2D eigenvalue weighted by Gasteiger charge is 2.23. The lowest BCUT2D eigenvalue weighted by Gasteiger charge is -2.34. The summed E-state index contributed by atoms with van der Waals surface area (Å²) in [6, 6.07) is 0.